The maximum Gasteiger partial charge on any atom is 0.349 e. The lowest BCUT2D eigenvalue weighted by atomic mass is 9.83. The summed E-state index contributed by atoms with van der Waals surface area (Å²) in [4.78, 5) is 25.2. The smallest absolute Gasteiger partial charge is 0.349 e. The zero-order chi connectivity index (χ0) is 25.2. The number of nitro benzene ring substituents is 1. The number of piperidine rings is 3. The van der Waals surface area contributed by atoms with Crippen molar-refractivity contribution in [3.05, 3.63) is 79.2 Å². The van der Waals surface area contributed by atoms with Gasteiger partial charge >= 0.3 is 5.97 Å². The van der Waals surface area contributed by atoms with E-state index in [4.69, 9.17) is 9.47 Å². The lowest BCUT2D eigenvalue weighted by Gasteiger charge is -2.52. The number of ether oxygens (including phenoxy) is 2. The van der Waals surface area contributed by atoms with Gasteiger partial charge in [-0.2, -0.15) is 0 Å². The van der Waals surface area contributed by atoms with Gasteiger partial charge in [0.25, 0.3) is 5.69 Å². The molecule has 1 aromatic carbocycles. The largest absolute Gasteiger partial charge is 0.493 e. The fraction of sp³-hybridized carbons (Fsp3) is 0.423. The standard InChI is InChI=1S/C26H29N2O6S2/c29-25(26(30,23-7-2-15-35-23)24-8-3-16-36-24)34-22-18-28(12-9-19(22)10-13-28)11-4-14-33-21-6-1-5-20(17-21)27(31)32/h1-3,5-8,15-17,19,22,30H,4,9-14,18H2/q+1/t19?,22-,28?/m0/s1. The highest BCUT2D eigenvalue weighted by atomic mass is 32.1. The summed E-state index contributed by atoms with van der Waals surface area (Å²) in [5.41, 5.74) is -1.77. The Morgan fingerprint density at radius 1 is 1.11 bits per heavy atom. The molecule has 2 bridgehead atoms. The van der Waals surface area contributed by atoms with Crippen molar-refractivity contribution in [1.29, 1.82) is 0 Å². The summed E-state index contributed by atoms with van der Waals surface area (Å²) < 4.78 is 12.7. The molecule has 0 unspecified atom stereocenters. The Balaban J connectivity index is 1.21. The molecule has 0 saturated carbocycles. The van der Waals surface area contributed by atoms with Crippen LogP contribution in [0.2, 0.25) is 0 Å². The van der Waals surface area contributed by atoms with Gasteiger partial charge in [0.1, 0.15) is 12.3 Å². The molecule has 0 amide bonds. The van der Waals surface area contributed by atoms with Gasteiger partial charge in [-0.25, -0.2) is 4.79 Å². The van der Waals surface area contributed by atoms with Gasteiger partial charge < -0.3 is 19.1 Å². The van der Waals surface area contributed by atoms with Crippen molar-refractivity contribution in [2.75, 3.05) is 32.8 Å². The van der Waals surface area contributed by atoms with E-state index in [-0.39, 0.29) is 11.8 Å². The molecule has 3 aliphatic rings. The minimum absolute atomic E-state index is 0.0159. The Kier molecular flexibility index (Phi) is 7.11. The van der Waals surface area contributed by atoms with Crippen molar-refractivity contribution in [3.8, 4) is 5.75 Å². The summed E-state index contributed by atoms with van der Waals surface area (Å²) >= 11 is 2.70. The van der Waals surface area contributed by atoms with E-state index in [0.717, 1.165) is 49.9 Å². The van der Waals surface area contributed by atoms with Gasteiger partial charge in [-0.15, -0.1) is 22.7 Å². The monoisotopic (exact) mass is 529 g/mol. The van der Waals surface area contributed by atoms with Crippen molar-refractivity contribution >= 4 is 34.3 Å². The van der Waals surface area contributed by atoms with Gasteiger partial charge in [0.2, 0.25) is 5.60 Å². The zero-order valence-corrected chi connectivity index (χ0v) is 21.4. The fourth-order valence-electron chi connectivity index (χ4n) is 5.46. The number of fused-ring (bicyclic) bond motifs is 3. The highest BCUT2D eigenvalue weighted by Crippen LogP contribution is 2.40. The fourth-order valence-corrected chi connectivity index (χ4v) is 7.17. The Labute approximate surface area is 217 Å². The summed E-state index contributed by atoms with van der Waals surface area (Å²) in [6, 6.07) is 13.4. The van der Waals surface area contributed by atoms with E-state index in [1.165, 1.54) is 34.8 Å². The third-order valence-corrected chi connectivity index (χ3v) is 9.38. The third kappa shape index (κ3) is 4.90. The van der Waals surface area contributed by atoms with Crippen LogP contribution in [0.1, 0.15) is 29.0 Å². The van der Waals surface area contributed by atoms with E-state index in [9.17, 15) is 20.0 Å². The van der Waals surface area contributed by atoms with Crippen LogP contribution < -0.4 is 4.74 Å². The highest BCUT2D eigenvalue weighted by molar-refractivity contribution is 7.12. The number of quaternary nitrogens is 1. The lowest BCUT2D eigenvalue weighted by Crippen LogP contribution is -2.65. The lowest BCUT2D eigenvalue weighted by molar-refractivity contribution is -0.946. The minimum atomic E-state index is -1.79. The van der Waals surface area contributed by atoms with Crippen LogP contribution in [0.25, 0.3) is 0 Å². The summed E-state index contributed by atoms with van der Waals surface area (Å²) in [5.74, 6) is 0.207. The predicted octanol–water partition coefficient (Wildman–Crippen LogP) is 4.58. The van der Waals surface area contributed by atoms with Crippen LogP contribution in [0.4, 0.5) is 5.69 Å². The summed E-state index contributed by atoms with van der Waals surface area (Å²) in [7, 11) is 0. The van der Waals surface area contributed by atoms with Crippen molar-refractivity contribution in [2.24, 2.45) is 5.92 Å². The number of carbonyl (C=O) groups excluding carboxylic acids is 1. The molecule has 0 aliphatic carbocycles. The average Bonchev–Trinajstić information content (AvgIpc) is 3.63. The molecule has 3 fully saturated rings. The molecule has 1 atom stereocenters. The van der Waals surface area contributed by atoms with Crippen molar-refractivity contribution in [2.45, 2.75) is 31.0 Å². The van der Waals surface area contributed by atoms with E-state index in [0.29, 0.717) is 28.0 Å². The first kappa shape index (κ1) is 24.9. The number of nitro groups is 1. The molecular weight excluding hydrogens is 500 g/mol. The maximum absolute atomic E-state index is 13.5. The second-order valence-electron chi connectivity index (χ2n) is 9.60. The van der Waals surface area contributed by atoms with E-state index in [2.05, 4.69) is 0 Å². The second kappa shape index (κ2) is 10.3. The number of benzene rings is 1. The highest BCUT2D eigenvalue weighted by Gasteiger charge is 2.51. The van der Waals surface area contributed by atoms with Crippen LogP contribution >= 0.6 is 22.7 Å². The number of thiophene rings is 2. The molecular formula is C26H29N2O6S2+. The van der Waals surface area contributed by atoms with Gasteiger partial charge in [0.05, 0.1) is 47.0 Å². The summed E-state index contributed by atoms with van der Waals surface area (Å²) in [5, 5.41) is 26.3. The SMILES string of the molecule is O=C(O[C@H]1C[N+]2(CCCOc3cccc([N+](=O)[O-])c3)CCC1CC2)C(O)(c1cccs1)c1cccs1. The van der Waals surface area contributed by atoms with Gasteiger partial charge in [0.15, 0.2) is 6.10 Å². The van der Waals surface area contributed by atoms with E-state index in [1.54, 1.807) is 24.3 Å². The van der Waals surface area contributed by atoms with Crippen LogP contribution in [-0.2, 0) is 15.1 Å². The molecule has 5 heterocycles. The Bertz CT molecular complexity index is 1150. The van der Waals surface area contributed by atoms with Crippen molar-refractivity contribution in [3.63, 3.8) is 0 Å². The molecule has 190 valence electrons. The Hall–Kier alpha value is -2.79. The van der Waals surface area contributed by atoms with Crippen LogP contribution in [0.15, 0.2) is 59.3 Å². The van der Waals surface area contributed by atoms with Crippen LogP contribution in [0, 0.1) is 16.0 Å². The molecule has 3 saturated heterocycles. The molecule has 2 aromatic heterocycles. The minimum Gasteiger partial charge on any atom is -0.493 e. The van der Waals surface area contributed by atoms with Gasteiger partial charge in [-0.05, 0) is 29.0 Å². The van der Waals surface area contributed by atoms with E-state index in [1.807, 2.05) is 22.9 Å². The molecule has 1 N–H and O–H groups in total. The Morgan fingerprint density at radius 3 is 2.42 bits per heavy atom. The zero-order valence-electron chi connectivity index (χ0n) is 19.8. The first-order valence-corrected chi connectivity index (χ1v) is 13.9. The third-order valence-electron chi connectivity index (χ3n) is 7.42. The number of esters is 1. The van der Waals surface area contributed by atoms with Crippen molar-refractivity contribution < 1.29 is 28.8 Å². The Morgan fingerprint density at radius 2 is 1.81 bits per heavy atom. The molecule has 0 radical (unpaired) electrons. The van der Waals surface area contributed by atoms with Crippen LogP contribution in [0.3, 0.4) is 0 Å². The quantitative estimate of drug-likeness (QED) is 0.136. The number of hydrogen-bond donors (Lipinski definition) is 1. The molecule has 6 rings (SSSR count). The number of rotatable bonds is 10. The van der Waals surface area contributed by atoms with Gasteiger partial charge in [-0.1, -0.05) is 18.2 Å². The molecule has 8 nitrogen and oxygen atoms in total. The first-order chi connectivity index (χ1) is 17.4. The van der Waals surface area contributed by atoms with Gasteiger partial charge in [-0.3, -0.25) is 10.1 Å². The number of hydrogen-bond acceptors (Lipinski definition) is 8. The number of carbonyl (C=O) groups is 1. The predicted molar refractivity (Wildman–Crippen MR) is 137 cm³/mol. The topological polar surface area (TPSA) is 98.9 Å². The van der Waals surface area contributed by atoms with Crippen LogP contribution in [-0.4, -0.2) is 59.4 Å². The summed E-state index contributed by atoms with van der Waals surface area (Å²) in [6.07, 6.45) is 2.53. The maximum atomic E-state index is 13.5. The molecule has 10 heteroatoms. The number of non-ortho nitro benzene ring substituents is 1. The average molecular weight is 530 g/mol. The van der Waals surface area contributed by atoms with Crippen LogP contribution in [0.5, 0.6) is 5.75 Å². The molecule has 36 heavy (non-hydrogen) atoms. The van der Waals surface area contributed by atoms with Crippen molar-refractivity contribution in [1.82, 2.24) is 0 Å². The number of aliphatic hydroxyl groups is 1. The van der Waals surface area contributed by atoms with E-state index < -0.39 is 16.5 Å². The molecule has 3 aliphatic heterocycles. The van der Waals surface area contributed by atoms with E-state index >= 15 is 0 Å². The molecule has 3 aromatic rings. The normalized spacial score (nSPS) is 23.4. The number of nitrogens with zero attached hydrogens (tertiary/aromatic N) is 2. The second-order valence-corrected chi connectivity index (χ2v) is 11.5. The van der Waals surface area contributed by atoms with Gasteiger partial charge in [0, 0.05) is 31.2 Å². The summed E-state index contributed by atoms with van der Waals surface area (Å²) in [6.45, 7) is 4.16. The first-order valence-electron chi connectivity index (χ1n) is 12.1. The molecule has 0 spiro atoms.